The zero-order chi connectivity index (χ0) is 26.6. The molecule has 1 N–H and O–H groups in total. The van der Waals surface area contributed by atoms with Gasteiger partial charge in [-0.05, 0) is 51.5 Å². The third-order valence-corrected chi connectivity index (χ3v) is 6.14. The molecule has 2 aromatic rings. The van der Waals surface area contributed by atoms with Crippen LogP contribution in [0.15, 0.2) is 54.6 Å². The fraction of sp³-hybridized carbons (Fsp3) is 0.417. The SMILES string of the molecule is C[C@@H](C(=O)NC(C)(C)C)N(Cc1ccccc1)C(=O)CN(c1cccc(C(F)(F)F)c1)S(C)(=O)=O. The summed E-state index contributed by atoms with van der Waals surface area (Å²) in [7, 11) is -4.14. The number of sulfonamides is 1. The molecule has 0 bridgehead atoms. The Hall–Kier alpha value is -3.08. The highest BCUT2D eigenvalue weighted by atomic mass is 32.2. The number of carbonyl (C=O) groups excluding carboxylic acids is 2. The first-order valence-electron chi connectivity index (χ1n) is 10.8. The fourth-order valence-electron chi connectivity index (χ4n) is 3.29. The number of benzene rings is 2. The second-order valence-electron chi connectivity index (χ2n) is 9.24. The minimum absolute atomic E-state index is 0.00139. The number of hydrogen-bond donors (Lipinski definition) is 1. The predicted octanol–water partition coefficient (Wildman–Crippen LogP) is 3.80. The minimum atomic E-state index is -4.69. The zero-order valence-electron chi connectivity index (χ0n) is 20.3. The van der Waals surface area contributed by atoms with Gasteiger partial charge < -0.3 is 10.2 Å². The van der Waals surface area contributed by atoms with Crippen LogP contribution < -0.4 is 9.62 Å². The van der Waals surface area contributed by atoms with Gasteiger partial charge >= 0.3 is 6.18 Å². The van der Waals surface area contributed by atoms with Gasteiger partial charge in [0.05, 0.1) is 17.5 Å². The van der Waals surface area contributed by atoms with Gasteiger partial charge in [-0.2, -0.15) is 13.2 Å². The first kappa shape index (κ1) is 28.2. The maximum absolute atomic E-state index is 13.4. The normalized spacial score (nSPS) is 13.1. The van der Waals surface area contributed by atoms with Crippen LogP contribution in [0.4, 0.5) is 18.9 Å². The Morgan fingerprint density at radius 3 is 2.11 bits per heavy atom. The van der Waals surface area contributed by atoms with Gasteiger partial charge in [0.2, 0.25) is 21.8 Å². The van der Waals surface area contributed by atoms with Crippen LogP contribution >= 0.6 is 0 Å². The summed E-state index contributed by atoms with van der Waals surface area (Å²) >= 11 is 0. The van der Waals surface area contributed by atoms with Gasteiger partial charge in [-0.3, -0.25) is 13.9 Å². The highest BCUT2D eigenvalue weighted by Gasteiger charge is 2.34. The molecular weight excluding hydrogens is 483 g/mol. The standard InChI is InChI=1S/C24H30F3N3O4S/c1-17(22(32)28-23(2,3)4)29(15-18-10-7-6-8-11-18)21(31)16-30(35(5,33)34)20-13-9-12-19(14-20)24(25,26)27/h6-14,17H,15-16H2,1-5H3,(H,28,32)/t17-/m0/s1. The molecule has 1 atom stereocenters. The van der Waals surface area contributed by atoms with Crippen LogP contribution in [0.5, 0.6) is 0 Å². The van der Waals surface area contributed by atoms with E-state index in [-0.39, 0.29) is 12.2 Å². The van der Waals surface area contributed by atoms with Gasteiger partial charge in [-0.25, -0.2) is 8.42 Å². The molecule has 35 heavy (non-hydrogen) atoms. The maximum atomic E-state index is 13.4. The van der Waals surface area contributed by atoms with E-state index in [0.29, 0.717) is 15.9 Å². The first-order chi connectivity index (χ1) is 16.0. The molecule has 0 aliphatic rings. The summed E-state index contributed by atoms with van der Waals surface area (Å²) in [5.41, 5.74) is -1.23. The van der Waals surface area contributed by atoms with Gasteiger partial charge in [0.1, 0.15) is 12.6 Å². The molecule has 0 fully saturated rings. The van der Waals surface area contributed by atoms with E-state index in [1.54, 1.807) is 51.1 Å². The Labute approximate surface area is 204 Å². The molecule has 0 radical (unpaired) electrons. The van der Waals surface area contributed by atoms with Gasteiger partial charge in [0.15, 0.2) is 0 Å². The van der Waals surface area contributed by atoms with Gasteiger partial charge in [-0.1, -0.05) is 36.4 Å². The molecule has 0 saturated carbocycles. The molecule has 2 amide bonds. The number of nitrogens with one attached hydrogen (secondary N) is 1. The van der Waals surface area contributed by atoms with Crippen molar-refractivity contribution in [2.45, 2.75) is 52.0 Å². The van der Waals surface area contributed by atoms with E-state index in [2.05, 4.69) is 5.32 Å². The van der Waals surface area contributed by atoms with Gasteiger partial charge in [0.25, 0.3) is 0 Å². The van der Waals surface area contributed by atoms with E-state index in [0.717, 1.165) is 18.4 Å². The lowest BCUT2D eigenvalue weighted by atomic mass is 10.1. The molecule has 0 unspecified atom stereocenters. The number of halogens is 3. The second kappa shape index (κ2) is 10.7. The van der Waals surface area contributed by atoms with Crippen molar-refractivity contribution in [2.24, 2.45) is 0 Å². The van der Waals surface area contributed by atoms with Crippen LogP contribution in [-0.2, 0) is 32.3 Å². The summed E-state index contributed by atoms with van der Waals surface area (Å²) in [5, 5.41) is 2.79. The van der Waals surface area contributed by atoms with Gasteiger partial charge in [-0.15, -0.1) is 0 Å². The van der Waals surface area contributed by atoms with Crippen LogP contribution in [-0.4, -0.2) is 49.5 Å². The topological polar surface area (TPSA) is 86.8 Å². The van der Waals surface area contributed by atoms with Gasteiger partial charge in [0, 0.05) is 12.1 Å². The molecule has 0 spiro atoms. The van der Waals surface area contributed by atoms with Crippen molar-refractivity contribution in [3.8, 4) is 0 Å². The predicted molar refractivity (Wildman–Crippen MR) is 128 cm³/mol. The zero-order valence-corrected chi connectivity index (χ0v) is 21.1. The molecule has 192 valence electrons. The van der Waals surface area contributed by atoms with Crippen LogP contribution in [0.3, 0.4) is 0 Å². The Morgan fingerprint density at radius 2 is 1.60 bits per heavy atom. The Morgan fingerprint density at radius 1 is 1.00 bits per heavy atom. The van der Waals surface area contributed by atoms with Crippen molar-refractivity contribution in [2.75, 3.05) is 17.1 Å². The summed E-state index contributed by atoms with van der Waals surface area (Å²) in [6.45, 7) is 6.07. The molecule has 7 nitrogen and oxygen atoms in total. The van der Waals surface area contributed by atoms with E-state index in [4.69, 9.17) is 0 Å². The highest BCUT2D eigenvalue weighted by molar-refractivity contribution is 7.92. The van der Waals surface area contributed by atoms with Crippen LogP contribution in [0.2, 0.25) is 0 Å². The highest BCUT2D eigenvalue weighted by Crippen LogP contribution is 2.32. The van der Waals surface area contributed by atoms with Crippen LogP contribution in [0.25, 0.3) is 0 Å². The molecule has 2 aromatic carbocycles. The summed E-state index contributed by atoms with van der Waals surface area (Å²) in [6, 6.07) is 11.5. The van der Waals surface area contributed by atoms with Crippen molar-refractivity contribution in [1.29, 1.82) is 0 Å². The molecular formula is C24H30F3N3O4S. The van der Waals surface area contributed by atoms with E-state index < -0.39 is 51.7 Å². The number of rotatable bonds is 8. The number of amides is 2. The summed E-state index contributed by atoms with van der Waals surface area (Å²) < 4.78 is 65.2. The lowest BCUT2D eigenvalue weighted by Crippen LogP contribution is -2.54. The molecule has 0 saturated heterocycles. The van der Waals surface area contributed by atoms with Crippen molar-refractivity contribution in [1.82, 2.24) is 10.2 Å². The number of anilines is 1. The van der Waals surface area contributed by atoms with Crippen LogP contribution in [0.1, 0.15) is 38.8 Å². The summed E-state index contributed by atoms with van der Waals surface area (Å²) in [6.07, 6.45) is -3.89. The van der Waals surface area contributed by atoms with E-state index in [9.17, 15) is 31.2 Å². The third kappa shape index (κ3) is 8.27. The minimum Gasteiger partial charge on any atom is -0.350 e. The van der Waals surface area contributed by atoms with E-state index in [1.165, 1.54) is 17.9 Å². The average molecular weight is 514 g/mol. The van der Waals surface area contributed by atoms with E-state index in [1.807, 2.05) is 0 Å². The molecule has 0 heterocycles. The number of alkyl halides is 3. The smallest absolute Gasteiger partial charge is 0.350 e. The Balaban J connectivity index is 2.43. The Bertz CT molecular complexity index is 1150. The molecule has 0 aliphatic carbocycles. The maximum Gasteiger partial charge on any atom is 0.416 e. The second-order valence-corrected chi connectivity index (χ2v) is 11.1. The molecule has 2 rings (SSSR count). The Kier molecular flexibility index (Phi) is 8.59. The largest absolute Gasteiger partial charge is 0.416 e. The number of carbonyl (C=O) groups is 2. The number of hydrogen-bond acceptors (Lipinski definition) is 4. The fourth-order valence-corrected chi connectivity index (χ4v) is 4.13. The van der Waals surface area contributed by atoms with E-state index >= 15 is 0 Å². The van der Waals surface area contributed by atoms with Crippen LogP contribution in [0, 0.1) is 0 Å². The monoisotopic (exact) mass is 513 g/mol. The van der Waals surface area contributed by atoms with Crippen molar-refractivity contribution in [3.05, 3.63) is 65.7 Å². The lowest BCUT2D eigenvalue weighted by molar-refractivity contribution is -0.140. The quantitative estimate of drug-likeness (QED) is 0.582. The molecule has 0 aliphatic heterocycles. The summed E-state index contributed by atoms with van der Waals surface area (Å²) in [5.74, 6) is -1.19. The summed E-state index contributed by atoms with van der Waals surface area (Å²) in [4.78, 5) is 27.4. The van der Waals surface area contributed by atoms with Crippen molar-refractivity contribution < 1.29 is 31.2 Å². The molecule has 11 heteroatoms. The van der Waals surface area contributed by atoms with Crippen molar-refractivity contribution in [3.63, 3.8) is 0 Å². The van der Waals surface area contributed by atoms with Crippen molar-refractivity contribution >= 4 is 27.5 Å². The lowest BCUT2D eigenvalue weighted by Gasteiger charge is -2.33. The first-order valence-corrected chi connectivity index (χ1v) is 12.6. The number of nitrogens with zero attached hydrogens (tertiary/aromatic N) is 2. The molecule has 0 aromatic heterocycles. The average Bonchev–Trinajstić information content (AvgIpc) is 2.73. The third-order valence-electron chi connectivity index (χ3n) is 5.00.